The Hall–Kier alpha value is -2.24. The summed E-state index contributed by atoms with van der Waals surface area (Å²) in [5.74, 6) is -0.808. The third kappa shape index (κ3) is 4.24. The van der Waals surface area contributed by atoms with E-state index in [0.29, 0.717) is 6.04 Å². The van der Waals surface area contributed by atoms with Gasteiger partial charge < -0.3 is 9.88 Å². The predicted octanol–water partition coefficient (Wildman–Crippen LogP) is 4.04. The molecule has 1 saturated carbocycles. The van der Waals surface area contributed by atoms with Crippen molar-refractivity contribution in [1.82, 2.24) is 14.9 Å². The minimum atomic E-state index is -1.84. The molecule has 0 saturated heterocycles. The molecule has 0 bridgehead atoms. The van der Waals surface area contributed by atoms with Crippen molar-refractivity contribution >= 4 is 5.91 Å². The lowest BCUT2D eigenvalue weighted by atomic mass is 9.90. The number of alkyl halides is 1. The number of rotatable bonds is 4. The molecule has 1 aliphatic carbocycles. The van der Waals surface area contributed by atoms with Crippen LogP contribution in [0.5, 0.6) is 0 Å². The van der Waals surface area contributed by atoms with Gasteiger partial charge in [-0.2, -0.15) is 0 Å². The predicted molar refractivity (Wildman–Crippen MR) is 92.2 cm³/mol. The van der Waals surface area contributed by atoms with E-state index in [4.69, 9.17) is 0 Å². The van der Waals surface area contributed by atoms with Crippen molar-refractivity contribution < 1.29 is 13.6 Å². The first-order valence-corrected chi connectivity index (χ1v) is 8.62. The molecule has 1 aromatic heterocycles. The summed E-state index contributed by atoms with van der Waals surface area (Å²) >= 11 is 0. The second-order valence-electron chi connectivity index (χ2n) is 7.16. The summed E-state index contributed by atoms with van der Waals surface area (Å²) in [6.07, 6.45) is 7.20. The van der Waals surface area contributed by atoms with Crippen LogP contribution in [-0.2, 0) is 4.79 Å². The Morgan fingerprint density at radius 1 is 1.20 bits per heavy atom. The van der Waals surface area contributed by atoms with Crippen LogP contribution in [0.15, 0.2) is 36.8 Å². The van der Waals surface area contributed by atoms with Crippen LogP contribution in [-0.4, -0.2) is 27.2 Å². The Balaban J connectivity index is 1.58. The normalized spacial score (nSPS) is 21.1. The van der Waals surface area contributed by atoms with Crippen LogP contribution < -0.4 is 5.32 Å². The van der Waals surface area contributed by atoms with Gasteiger partial charge in [0.2, 0.25) is 0 Å². The van der Waals surface area contributed by atoms with Crippen LogP contribution in [0.1, 0.15) is 45.6 Å². The lowest BCUT2D eigenvalue weighted by Crippen LogP contribution is -2.45. The molecule has 1 aliphatic rings. The summed E-state index contributed by atoms with van der Waals surface area (Å²) in [6.45, 7) is 2.55. The van der Waals surface area contributed by atoms with Crippen molar-refractivity contribution in [2.45, 2.75) is 57.3 Å². The molecule has 3 rings (SSSR count). The first-order valence-electron chi connectivity index (χ1n) is 8.62. The molecule has 134 valence electrons. The average molecular weight is 347 g/mol. The molecule has 0 aliphatic heterocycles. The van der Waals surface area contributed by atoms with Crippen molar-refractivity contribution in [2.75, 3.05) is 0 Å². The molecule has 2 aromatic rings. The van der Waals surface area contributed by atoms with E-state index in [1.54, 1.807) is 18.5 Å². The Morgan fingerprint density at radius 3 is 2.44 bits per heavy atom. The Kier molecular flexibility index (Phi) is 4.88. The molecular formula is C19H23F2N3O. The second-order valence-corrected chi connectivity index (χ2v) is 7.16. The van der Waals surface area contributed by atoms with Crippen LogP contribution >= 0.6 is 0 Å². The summed E-state index contributed by atoms with van der Waals surface area (Å²) in [6, 6.07) is 6.62. The summed E-state index contributed by atoms with van der Waals surface area (Å²) in [4.78, 5) is 16.2. The van der Waals surface area contributed by atoms with E-state index in [9.17, 15) is 13.6 Å². The molecule has 1 N–H and O–H groups in total. The molecule has 4 nitrogen and oxygen atoms in total. The van der Waals surface area contributed by atoms with Gasteiger partial charge in [-0.1, -0.05) is 0 Å². The second kappa shape index (κ2) is 6.94. The van der Waals surface area contributed by atoms with Gasteiger partial charge in [-0.15, -0.1) is 0 Å². The van der Waals surface area contributed by atoms with E-state index < -0.39 is 11.6 Å². The maximum absolute atomic E-state index is 13.6. The number of aromatic nitrogens is 2. The number of halogens is 2. The fourth-order valence-corrected chi connectivity index (χ4v) is 3.18. The Labute approximate surface area is 146 Å². The molecule has 1 fully saturated rings. The largest absolute Gasteiger partial charge is 0.351 e. The summed E-state index contributed by atoms with van der Waals surface area (Å²) in [7, 11) is 0. The van der Waals surface area contributed by atoms with Gasteiger partial charge in [-0.3, -0.25) is 4.79 Å². The zero-order valence-electron chi connectivity index (χ0n) is 14.5. The smallest absolute Gasteiger partial charge is 0.257 e. The number of nitrogens with one attached hydrogen (secondary N) is 1. The van der Waals surface area contributed by atoms with Crippen molar-refractivity contribution in [3.63, 3.8) is 0 Å². The van der Waals surface area contributed by atoms with Gasteiger partial charge in [-0.25, -0.2) is 13.8 Å². The maximum atomic E-state index is 13.6. The molecule has 0 atom stereocenters. The Bertz CT molecular complexity index is 726. The highest BCUT2D eigenvalue weighted by atomic mass is 19.1. The van der Waals surface area contributed by atoms with Crippen LogP contribution in [0.2, 0.25) is 0 Å². The topological polar surface area (TPSA) is 46.9 Å². The van der Waals surface area contributed by atoms with E-state index in [1.807, 2.05) is 6.20 Å². The van der Waals surface area contributed by atoms with Crippen LogP contribution in [0.3, 0.4) is 0 Å². The molecule has 0 spiro atoms. The summed E-state index contributed by atoms with van der Waals surface area (Å²) in [5.41, 5.74) is -0.147. The number of amides is 1. The van der Waals surface area contributed by atoms with Crippen LogP contribution in [0, 0.1) is 5.82 Å². The van der Waals surface area contributed by atoms with E-state index >= 15 is 0 Å². The third-order valence-electron chi connectivity index (χ3n) is 4.74. The van der Waals surface area contributed by atoms with Gasteiger partial charge in [0.05, 0.1) is 12.0 Å². The van der Waals surface area contributed by atoms with Gasteiger partial charge in [0, 0.05) is 23.8 Å². The Morgan fingerprint density at radius 2 is 1.84 bits per heavy atom. The molecular weight excluding hydrogens is 324 g/mol. The molecule has 0 unspecified atom stereocenters. The van der Waals surface area contributed by atoms with Gasteiger partial charge in [0.15, 0.2) is 5.67 Å². The number of nitrogens with zero attached hydrogens (tertiary/aromatic N) is 2. The number of hydrogen-bond donors (Lipinski definition) is 1. The fraction of sp³-hybridized carbons (Fsp3) is 0.474. The van der Waals surface area contributed by atoms with Gasteiger partial charge in [0.25, 0.3) is 5.91 Å². The number of carbonyl (C=O) groups is 1. The monoisotopic (exact) mass is 347 g/mol. The zero-order chi connectivity index (χ0) is 18.0. The molecule has 6 heteroatoms. The lowest BCUT2D eigenvalue weighted by molar-refractivity contribution is -0.131. The van der Waals surface area contributed by atoms with Crippen LogP contribution in [0.25, 0.3) is 11.3 Å². The molecule has 1 aromatic carbocycles. The minimum Gasteiger partial charge on any atom is -0.351 e. The third-order valence-corrected chi connectivity index (χ3v) is 4.74. The molecule has 1 amide bonds. The lowest BCUT2D eigenvalue weighted by Gasteiger charge is -2.30. The number of benzene rings is 1. The van der Waals surface area contributed by atoms with Crippen molar-refractivity contribution in [1.29, 1.82) is 0 Å². The van der Waals surface area contributed by atoms with E-state index in [0.717, 1.165) is 36.9 Å². The molecule has 25 heavy (non-hydrogen) atoms. The van der Waals surface area contributed by atoms with Crippen molar-refractivity contribution in [3.8, 4) is 11.3 Å². The SMILES string of the molecule is CC(C)(F)C(=O)N[C@H]1CC[C@@H](n2cnc(-c3ccc(F)cc3)c2)CC1. The maximum Gasteiger partial charge on any atom is 0.257 e. The first-order chi connectivity index (χ1) is 11.8. The fourth-order valence-electron chi connectivity index (χ4n) is 3.18. The summed E-state index contributed by atoms with van der Waals surface area (Å²) < 4.78 is 28.7. The minimum absolute atomic E-state index is 0.0267. The zero-order valence-corrected chi connectivity index (χ0v) is 14.5. The number of imidazole rings is 1. The highest BCUT2D eigenvalue weighted by Gasteiger charge is 2.30. The van der Waals surface area contributed by atoms with Crippen molar-refractivity contribution in [2.24, 2.45) is 0 Å². The first kappa shape index (κ1) is 17.6. The highest BCUT2D eigenvalue weighted by molar-refractivity contribution is 5.84. The van der Waals surface area contributed by atoms with Gasteiger partial charge >= 0.3 is 0 Å². The quantitative estimate of drug-likeness (QED) is 0.907. The van der Waals surface area contributed by atoms with Gasteiger partial charge in [-0.05, 0) is 63.8 Å². The highest BCUT2D eigenvalue weighted by Crippen LogP contribution is 2.30. The van der Waals surface area contributed by atoms with E-state index in [1.165, 1.54) is 26.0 Å². The number of hydrogen-bond acceptors (Lipinski definition) is 2. The van der Waals surface area contributed by atoms with E-state index in [-0.39, 0.29) is 11.9 Å². The van der Waals surface area contributed by atoms with Crippen molar-refractivity contribution in [3.05, 3.63) is 42.6 Å². The van der Waals surface area contributed by atoms with Crippen LogP contribution in [0.4, 0.5) is 8.78 Å². The van der Waals surface area contributed by atoms with Gasteiger partial charge in [0.1, 0.15) is 5.82 Å². The molecule has 0 radical (unpaired) electrons. The summed E-state index contributed by atoms with van der Waals surface area (Å²) in [5, 5.41) is 2.79. The standard InChI is InChI=1S/C19H23F2N3O/c1-19(2,21)18(25)23-15-7-9-16(10-8-15)24-11-17(22-12-24)13-3-5-14(20)6-4-13/h3-6,11-12,15-16H,7-10H2,1-2H3,(H,23,25)/t15-,16+. The average Bonchev–Trinajstić information content (AvgIpc) is 3.05. The number of carbonyl (C=O) groups excluding carboxylic acids is 1. The van der Waals surface area contributed by atoms with E-state index in [2.05, 4.69) is 14.9 Å². The molecule has 1 heterocycles.